The van der Waals surface area contributed by atoms with Gasteiger partial charge in [-0.3, -0.25) is 4.79 Å². The van der Waals surface area contributed by atoms with Crippen molar-refractivity contribution >= 4 is 17.4 Å². The highest BCUT2D eigenvalue weighted by molar-refractivity contribution is 6.00. The van der Waals surface area contributed by atoms with Crippen molar-refractivity contribution in [1.82, 2.24) is 9.97 Å². The van der Waals surface area contributed by atoms with Gasteiger partial charge in [0, 0.05) is 13.2 Å². The third-order valence-corrected chi connectivity index (χ3v) is 2.19. The van der Waals surface area contributed by atoms with Crippen LogP contribution in [0.3, 0.4) is 0 Å². The Bertz CT molecular complexity index is 443. The van der Waals surface area contributed by atoms with Gasteiger partial charge in [-0.05, 0) is 27.7 Å². The molecule has 18 heavy (non-hydrogen) atoms. The third kappa shape index (κ3) is 3.66. The van der Waals surface area contributed by atoms with Gasteiger partial charge in [0.15, 0.2) is 5.82 Å². The van der Waals surface area contributed by atoms with Crippen LogP contribution in [0.5, 0.6) is 0 Å². The van der Waals surface area contributed by atoms with Crippen LogP contribution in [0.1, 0.15) is 25.4 Å². The molecule has 1 aliphatic heterocycles. The number of aryl methyl sites for hydroxylation is 2. The molecule has 0 aliphatic carbocycles. The van der Waals surface area contributed by atoms with E-state index in [0.717, 1.165) is 23.0 Å². The van der Waals surface area contributed by atoms with Gasteiger partial charge in [0.05, 0.1) is 12.2 Å². The number of carbonyl (C=O) groups is 1. The number of aromatic nitrogens is 2. The molecule has 6 nitrogen and oxygen atoms in total. The van der Waals surface area contributed by atoms with Crippen molar-refractivity contribution in [2.75, 3.05) is 23.8 Å². The van der Waals surface area contributed by atoms with E-state index in [-0.39, 0.29) is 12.0 Å². The zero-order valence-electron chi connectivity index (χ0n) is 11.5. The summed E-state index contributed by atoms with van der Waals surface area (Å²) in [6.07, 6.45) is -0.167. The Morgan fingerprint density at radius 1 is 1.33 bits per heavy atom. The lowest BCUT2D eigenvalue weighted by Gasteiger charge is -2.26. The average molecular weight is 252 g/mol. The van der Waals surface area contributed by atoms with E-state index in [9.17, 15) is 4.79 Å². The number of nitrogens with zero attached hydrogens (tertiary/aromatic N) is 3. The summed E-state index contributed by atoms with van der Waals surface area (Å²) >= 11 is 0. The number of nitrogens with one attached hydrogen (secondary N) is 1. The lowest BCUT2D eigenvalue weighted by atomic mass is 10.2. The molecule has 0 bridgehead atoms. The summed E-state index contributed by atoms with van der Waals surface area (Å²) in [5, 5.41) is 10.8. The molecule has 0 radical (unpaired) electrons. The first-order valence-electron chi connectivity index (χ1n) is 5.85. The van der Waals surface area contributed by atoms with E-state index in [0.29, 0.717) is 6.54 Å². The second kappa shape index (κ2) is 5.77. The van der Waals surface area contributed by atoms with E-state index in [2.05, 4.69) is 15.3 Å². The van der Waals surface area contributed by atoms with E-state index in [1.165, 1.54) is 0 Å². The Morgan fingerprint density at radius 3 is 2.44 bits per heavy atom. The van der Waals surface area contributed by atoms with Crippen molar-refractivity contribution in [3.05, 3.63) is 11.5 Å². The summed E-state index contributed by atoms with van der Waals surface area (Å²) in [6, 6.07) is 0. The van der Waals surface area contributed by atoms with Crippen molar-refractivity contribution in [2.45, 2.75) is 33.8 Å². The second-order valence-corrected chi connectivity index (χ2v) is 4.55. The highest BCUT2D eigenvalue weighted by Crippen LogP contribution is 2.28. The van der Waals surface area contributed by atoms with Gasteiger partial charge >= 0.3 is 0 Å². The van der Waals surface area contributed by atoms with Gasteiger partial charge < -0.3 is 15.3 Å². The molecule has 1 aromatic rings. The Morgan fingerprint density at radius 2 is 1.89 bits per heavy atom. The fourth-order valence-electron chi connectivity index (χ4n) is 1.59. The predicted octanol–water partition coefficient (Wildman–Crippen LogP) is 0.869. The molecule has 100 valence electrons. The number of aliphatic hydroxyl groups is 1. The summed E-state index contributed by atoms with van der Waals surface area (Å²) in [7, 11) is 1.85. The molecule has 1 amide bonds. The minimum absolute atomic E-state index is 0.0180. The van der Waals surface area contributed by atoms with Crippen LogP contribution in [0.4, 0.5) is 11.5 Å². The molecule has 2 rings (SSSR count). The van der Waals surface area contributed by atoms with E-state index < -0.39 is 0 Å². The molecule has 1 aromatic heterocycles. The average Bonchev–Trinajstić information content (AvgIpc) is 2.19. The Balaban J connectivity index is 0.000000357. The quantitative estimate of drug-likeness (QED) is 0.716. The van der Waals surface area contributed by atoms with E-state index in [1.54, 1.807) is 13.8 Å². The summed E-state index contributed by atoms with van der Waals surface area (Å²) in [5.41, 5.74) is 1.54. The van der Waals surface area contributed by atoms with Crippen LogP contribution in [0.15, 0.2) is 0 Å². The normalized spacial score (nSPS) is 13.7. The molecule has 0 atom stereocenters. The zero-order chi connectivity index (χ0) is 13.9. The number of hydrogen-bond donors (Lipinski definition) is 2. The molecule has 2 heterocycles. The fraction of sp³-hybridized carbons (Fsp3) is 0.583. The van der Waals surface area contributed by atoms with Gasteiger partial charge in [0.25, 0.3) is 0 Å². The monoisotopic (exact) mass is 252 g/mol. The number of likely N-dealkylation sites (N-methyl/N-ethyl adjacent to an activating group) is 1. The Labute approximate surface area is 107 Å². The van der Waals surface area contributed by atoms with Crippen LogP contribution in [-0.2, 0) is 4.79 Å². The molecular formula is C12H20N4O2. The second-order valence-electron chi connectivity index (χ2n) is 4.55. The minimum atomic E-state index is -0.167. The maximum atomic E-state index is 11.3. The smallest absolute Gasteiger partial charge is 0.244 e. The Kier molecular flexibility index (Phi) is 4.61. The topological polar surface area (TPSA) is 78.4 Å². The predicted molar refractivity (Wildman–Crippen MR) is 70.8 cm³/mol. The number of aliphatic hydroxyl groups excluding tert-OH is 1. The molecule has 6 heteroatoms. The molecule has 0 saturated carbocycles. The number of rotatable bonds is 0. The number of anilines is 2. The third-order valence-electron chi connectivity index (χ3n) is 2.19. The standard InChI is InChI=1S/C9H12N4O.C3H8O/c1-5-8-9(11-6(2)10-5)13(3)4-7(14)12-8;1-3(2)4/h4H2,1-3H3,(H,12,14);3-4H,1-2H3. The molecule has 0 unspecified atom stereocenters. The van der Waals surface area contributed by atoms with Crippen LogP contribution in [-0.4, -0.2) is 40.7 Å². The number of fused-ring (bicyclic) bond motifs is 1. The minimum Gasteiger partial charge on any atom is -0.394 e. The van der Waals surface area contributed by atoms with Crippen molar-refractivity contribution in [2.24, 2.45) is 0 Å². The molecule has 0 fully saturated rings. The molecule has 0 spiro atoms. The van der Waals surface area contributed by atoms with Crippen LogP contribution in [0.25, 0.3) is 0 Å². The molecule has 0 saturated heterocycles. The van der Waals surface area contributed by atoms with Gasteiger partial charge in [-0.1, -0.05) is 0 Å². The fourth-order valence-corrected chi connectivity index (χ4v) is 1.59. The van der Waals surface area contributed by atoms with Gasteiger partial charge in [-0.25, -0.2) is 9.97 Å². The van der Waals surface area contributed by atoms with Crippen LogP contribution in [0, 0.1) is 13.8 Å². The van der Waals surface area contributed by atoms with E-state index in [1.807, 2.05) is 25.8 Å². The molecule has 1 aliphatic rings. The van der Waals surface area contributed by atoms with Crippen LogP contribution >= 0.6 is 0 Å². The van der Waals surface area contributed by atoms with Crippen molar-refractivity contribution < 1.29 is 9.90 Å². The van der Waals surface area contributed by atoms with Crippen molar-refractivity contribution in [3.63, 3.8) is 0 Å². The lowest BCUT2D eigenvalue weighted by molar-refractivity contribution is -0.115. The van der Waals surface area contributed by atoms with Gasteiger partial charge in [0.1, 0.15) is 11.5 Å². The van der Waals surface area contributed by atoms with Crippen LogP contribution < -0.4 is 10.2 Å². The molecule has 2 N–H and O–H groups in total. The lowest BCUT2D eigenvalue weighted by Crippen LogP contribution is -2.36. The summed E-state index contributed by atoms with van der Waals surface area (Å²) < 4.78 is 0. The van der Waals surface area contributed by atoms with Gasteiger partial charge in [-0.2, -0.15) is 0 Å². The summed E-state index contributed by atoms with van der Waals surface area (Å²) in [4.78, 5) is 21.6. The maximum absolute atomic E-state index is 11.3. The van der Waals surface area contributed by atoms with Crippen LogP contribution in [0.2, 0.25) is 0 Å². The number of amides is 1. The number of hydrogen-bond acceptors (Lipinski definition) is 5. The summed E-state index contributed by atoms with van der Waals surface area (Å²) in [6.45, 7) is 7.51. The highest BCUT2D eigenvalue weighted by atomic mass is 16.3. The van der Waals surface area contributed by atoms with E-state index >= 15 is 0 Å². The SMILES string of the molecule is CC(C)O.Cc1nc(C)c2c(n1)N(C)CC(=O)N2. The first-order chi connectivity index (χ1) is 8.31. The first-order valence-corrected chi connectivity index (χ1v) is 5.85. The number of carbonyl (C=O) groups excluding carboxylic acids is 1. The molecule has 0 aromatic carbocycles. The summed E-state index contributed by atoms with van der Waals surface area (Å²) in [5.74, 6) is 1.51. The zero-order valence-corrected chi connectivity index (χ0v) is 11.5. The maximum Gasteiger partial charge on any atom is 0.244 e. The van der Waals surface area contributed by atoms with Gasteiger partial charge in [0.2, 0.25) is 5.91 Å². The van der Waals surface area contributed by atoms with E-state index in [4.69, 9.17) is 5.11 Å². The van der Waals surface area contributed by atoms with Crippen molar-refractivity contribution in [1.29, 1.82) is 0 Å². The molecular weight excluding hydrogens is 232 g/mol. The van der Waals surface area contributed by atoms with Crippen molar-refractivity contribution in [3.8, 4) is 0 Å². The highest BCUT2D eigenvalue weighted by Gasteiger charge is 2.22. The largest absolute Gasteiger partial charge is 0.394 e. The Hall–Kier alpha value is -1.69. The van der Waals surface area contributed by atoms with Gasteiger partial charge in [-0.15, -0.1) is 0 Å². The first kappa shape index (κ1) is 14.4.